The zero-order chi connectivity index (χ0) is 28.0. The van der Waals surface area contributed by atoms with Crippen molar-refractivity contribution < 1.29 is 28.5 Å². The number of rotatable bonds is 13. The van der Waals surface area contributed by atoms with E-state index < -0.39 is 0 Å². The maximum absolute atomic E-state index is 13.5. The highest BCUT2D eigenvalue weighted by Gasteiger charge is 2.32. The topological polar surface area (TPSA) is 150 Å². The van der Waals surface area contributed by atoms with E-state index in [1.807, 2.05) is 34.6 Å². The molecule has 38 heavy (non-hydrogen) atoms. The molecule has 206 valence electrons. The fourth-order valence-electron chi connectivity index (χ4n) is 4.05. The number of nitrogens with two attached hydrogens (primary N) is 1. The molecule has 0 bridgehead atoms. The molecule has 0 radical (unpaired) electrons. The van der Waals surface area contributed by atoms with Gasteiger partial charge in [0.2, 0.25) is 5.91 Å². The molecule has 3 rings (SSSR count). The summed E-state index contributed by atoms with van der Waals surface area (Å²) in [5.41, 5.74) is 7.03. The molecule has 0 saturated carbocycles. The Bertz CT molecular complexity index is 1210. The van der Waals surface area contributed by atoms with Crippen molar-refractivity contribution in [2.45, 2.75) is 59.4 Å². The first-order valence-corrected chi connectivity index (χ1v) is 12.7. The number of hydrogen-bond acceptors (Lipinski definition) is 9. The lowest BCUT2D eigenvalue weighted by atomic mass is 9.84. The van der Waals surface area contributed by atoms with Crippen LogP contribution in [0.1, 0.15) is 74.8 Å². The molecule has 2 heterocycles. The van der Waals surface area contributed by atoms with Gasteiger partial charge in [-0.05, 0) is 37.8 Å². The van der Waals surface area contributed by atoms with E-state index in [-0.39, 0.29) is 60.8 Å². The van der Waals surface area contributed by atoms with Gasteiger partial charge in [0.15, 0.2) is 17.3 Å². The largest absolute Gasteiger partial charge is 0.493 e. The fraction of sp³-hybridized carbons (Fsp3) is 0.519. The molecule has 0 aliphatic carbocycles. The molecule has 1 aromatic carbocycles. The molecule has 1 aromatic heterocycles. The van der Waals surface area contributed by atoms with Crippen LogP contribution in [0.5, 0.6) is 23.3 Å². The summed E-state index contributed by atoms with van der Waals surface area (Å²) in [6.45, 7) is 11.0. The van der Waals surface area contributed by atoms with Crippen molar-refractivity contribution >= 4 is 17.5 Å². The maximum atomic E-state index is 13.5. The van der Waals surface area contributed by atoms with Gasteiger partial charge in [0, 0.05) is 17.5 Å². The highest BCUT2D eigenvalue weighted by atomic mass is 16.5. The van der Waals surface area contributed by atoms with Crippen molar-refractivity contribution in [3.05, 3.63) is 34.6 Å². The molecule has 2 aromatic rings. The summed E-state index contributed by atoms with van der Waals surface area (Å²) in [4.78, 5) is 35.1. The van der Waals surface area contributed by atoms with Gasteiger partial charge < -0.3 is 29.6 Å². The van der Waals surface area contributed by atoms with Gasteiger partial charge in [-0.3, -0.25) is 15.0 Å². The second kappa shape index (κ2) is 12.1. The van der Waals surface area contributed by atoms with Crippen LogP contribution in [0.2, 0.25) is 0 Å². The molecule has 0 spiro atoms. The lowest BCUT2D eigenvalue weighted by Crippen LogP contribution is -2.30. The molecule has 11 heteroatoms. The lowest BCUT2D eigenvalue weighted by Gasteiger charge is -2.26. The van der Waals surface area contributed by atoms with Crippen LogP contribution in [-0.4, -0.2) is 65.9 Å². The van der Waals surface area contributed by atoms with Gasteiger partial charge in [-0.2, -0.15) is 0 Å². The molecule has 1 amide bonds. The predicted octanol–water partition coefficient (Wildman–Crippen LogP) is 3.25. The van der Waals surface area contributed by atoms with Crippen molar-refractivity contribution in [1.29, 1.82) is 5.41 Å². The van der Waals surface area contributed by atoms with E-state index >= 15 is 0 Å². The number of benzene rings is 1. The molecule has 1 aliphatic heterocycles. The minimum absolute atomic E-state index is 0.0453. The third-order valence-corrected chi connectivity index (χ3v) is 5.90. The molecule has 0 saturated heterocycles. The number of methoxy groups -OCH3 is 1. The Balaban J connectivity index is 1.85. The quantitative estimate of drug-likeness (QED) is 0.295. The minimum atomic E-state index is -0.388. The molecule has 0 atom stereocenters. The van der Waals surface area contributed by atoms with E-state index in [2.05, 4.69) is 9.97 Å². The highest BCUT2D eigenvalue weighted by molar-refractivity contribution is 6.04. The number of aromatic nitrogens is 2. The number of Topliss-reactive ketones (excluding diaryl/α,β-unsaturated/α-hetero) is 1. The average molecular weight is 528 g/mol. The van der Waals surface area contributed by atoms with Crippen LogP contribution in [0.3, 0.4) is 0 Å². The van der Waals surface area contributed by atoms with E-state index in [1.165, 1.54) is 7.11 Å². The number of carbonyl (C=O) groups is 2. The van der Waals surface area contributed by atoms with Gasteiger partial charge in [-0.15, -0.1) is 0 Å². The van der Waals surface area contributed by atoms with Gasteiger partial charge in [0.1, 0.15) is 11.5 Å². The second-order valence-electron chi connectivity index (χ2n) is 9.85. The molecular weight excluding hydrogens is 490 g/mol. The molecule has 0 fully saturated rings. The Morgan fingerprint density at radius 3 is 2.32 bits per heavy atom. The lowest BCUT2D eigenvalue weighted by molar-refractivity contribution is -0.118. The molecular formula is C27H37N5O6. The maximum Gasteiger partial charge on any atom is 0.278 e. The first kappa shape index (κ1) is 28.7. The third kappa shape index (κ3) is 6.51. The summed E-state index contributed by atoms with van der Waals surface area (Å²) in [7, 11) is 1.52. The van der Waals surface area contributed by atoms with E-state index in [4.69, 9.17) is 30.1 Å². The van der Waals surface area contributed by atoms with Crippen LogP contribution >= 0.6 is 0 Å². The fourth-order valence-corrected chi connectivity index (χ4v) is 4.05. The van der Waals surface area contributed by atoms with Crippen molar-refractivity contribution in [2.24, 2.45) is 5.73 Å². The Hall–Kier alpha value is -3.89. The zero-order valence-corrected chi connectivity index (χ0v) is 23.0. The van der Waals surface area contributed by atoms with Gasteiger partial charge >= 0.3 is 0 Å². The van der Waals surface area contributed by atoms with Crippen LogP contribution in [0, 0.1) is 5.41 Å². The van der Waals surface area contributed by atoms with Crippen molar-refractivity contribution in [1.82, 2.24) is 14.9 Å². The van der Waals surface area contributed by atoms with Crippen LogP contribution in [0.4, 0.5) is 0 Å². The van der Waals surface area contributed by atoms with E-state index in [9.17, 15) is 9.59 Å². The number of ether oxygens (including phenoxy) is 4. The van der Waals surface area contributed by atoms with Crippen LogP contribution in [-0.2, 0) is 16.8 Å². The number of primary amides is 1. The summed E-state index contributed by atoms with van der Waals surface area (Å²) in [5, 5.41) is 8.62. The van der Waals surface area contributed by atoms with Crippen LogP contribution in [0.15, 0.2) is 12.1 Å². The van der Waals surface area contributed by atoms with Gasteiger partial charge in [-0.1, -0.05) is 20.8 Å². The van der Waals surface area contributed by atoms with Gasteiger partial charge in [-0.25, -0.2) is 9.97 Å². The van der Waals surface area contributed by atoms with Crippen molar-refractivity contribution in [3.8, 4) is 23.3 Å². The highest BCUT2D eigenvalue weighted by Crippen LogP contribution is 2.40. The first-order chi connectivity index (χ1) is 18.0. The smallest absolute Gasteiger partial charge is 0.278 e. The number of hydrogen-bond donors (Lipinski definition) is 2. The van der Waals surface area contributed by atoms with E-state index in [1.54, 1.807) is 17.0 Å². The van der Waals surface area contributed by atoms with Crippen LogP contribution in [0.25, 0.3) is 0 Å². The summed E-state index contributed by atoms with van der Waals surface area (Å²) >= 11 is 0. The summed E-state index contributed by atoms with van der Waals surface area (Å²) < 4.78 is 22.7. The Morgan fingerprint density at radius 1 is 1.08 bits per heavy atom. The number of nitrogens with zero attached hydrogens (tertiary/aromatic N) is 3. The van der Waals surface area contributed by atoms with Gasteiger partial charge in [0.25, 0.3) is 11.8 Å². The number of fused-ring (bicyclic) bond motifs is 1. The number of amidine groups is 1. The third-order valence-electron chi connectivity index (χ3n) is 5.90. The second-order valence-corrected chi connectivity index (χ2v) is 9.85. The normalized spacial score (nSPS) is 12.8. The first-order valence-electron chi connectivity index (χ1n) is 12.7. The summed E-state index contributed by atoms with van der Waals surface area (Å²) in [6, 6.07) is 3.45. The molecule has 11 nitrogen and oxygen atoms in total. The predicted molar refractivity (Wildman–Crippen MR) is 142 cm³/mol. The standard InChI is InChI=1S/C27H37N5O6/c1-7-36-25-26(37-8-2)31-22-18(30-25)14-32(24(22)29)15-19(33)16-12-17(27(3,4)5)23(20(13-16)35-6)38-11-9-10-21(28)34/h12-13,29H,7-11,14-15H2,1-6H3,(H2,28,34). The number of ketones is 1. The molecule has 0 unspecified atom stereocenters. The van der Waals surface area contributed by atoms with Crippen molar-refractivity contribution in [3.63, 3.8) is 0 Å². The average Bonchev–Trinajstić information content (AvgIpc) is 3.15. The summed E-state index contributed by atoms with van der Waals surface area (Å²) in [6.07, 6.45) is 0.689. The molecule has 1 aliphatic rings. The number of amides is 1. The van der Waals surface area contributed by atoms with E-state index in [0.29, 0.717) is 48.1 Å². The Labute approximate surface area is 223 Å². The van der Waals surface area contributed by atoms with Gasteiger partial charge in [0.05, 0.1) is 45.7 Å². The number of nitrogens with one attached hydrogen (secondary N) is 1. The Morgan fingerprint density at radius 2 is 1.74 bits per heavy atom. The van der Waals surface area contributed by atoms with E-state index in [0.717, 1.165) is 5.56 Å². The minimum Gasteiger partial charge on any atom is -0.493 e. The monoisotopic (exact) mass is 527 g/mol. The zero-order valence-electron chi connectivity index (χ0n) is 23.0. The van der Waals surface area contributed by atoms with Crippen LogP contribution < -0.4 is 24.7 Å². The van der Waals surface area contributed by atoms with Crippen molar-refractivity contribution in [2.75, 3.05) is 33.5 Å². The SMILES string of the molecule is CCOc1nc2c(nc1OCC)C(=N)N(CC(=O)c1cc(OC)c(OCCCC(N)=O)c(C(C)(C)C)c1)C2. The number of carbonyl (C=O) groups excluding carboxylic acids is 2. The Kier molecular flexibility index (Phi) is 9.13. The molecule has 3 N–H and O–H groups in total. The summed E-state index contributed by atoms with van der Waals surface area (Å²) in [5.74, 6) is 0.982.